The molecule has 1 saturated carbocycles. The van der Waals surface area contributed by atoms with Crippen molar-refractivity contribution < 1.29 is 0 Å². The van der Waals surface area contributed by atoms with Crippen LogP contribution in [0.5, 0.6) is 0 Å². The standard InChI is InChI=1S/C20H31N5/c1-3-16(14-15-22-4-2)19-18(23-20(21)25-24-19)17-12-10-8-6-5-7-9-11-13-17/h3-4,14-15,17H,5-13H2,1-2H3,(H2,21,23,25)/b15-14-,16-3+,22-4?. The SMILES string of the molecule is CC=N/C=C\C(=C/C)c1nnc(N)nc1C1CCCCCCCCC1. The minimum atomic E-state index is 0.266. The molecule has 5 nitrogen and oxygen atoms in total. The Morgan fingerprint density at radius 3 is 2.24 bits per heavy atom. The smallest absolute Gasteiger partial charge is 0.240 e. The molecule has 0 radical (unpaired) electrons. The van der Waals surface area contributed by atoms with Gasteiger partial charge in [0.2, 0.25) is 5.95 Å². The molecule has 0 aromatic carbocycles. The van der Waals surface area contributed by atoms with Gasteiger partial charge in [-0.15, -0.1) is 10.2 Å². The van der Waals surface area contributed by atoms with Gasteiger partial charge in [0, 0.05) is 23.9 Å². The third-order valence-corrected chi connectivity index (χ3v) is 4.80. The molecule has 1 heterocycles. The molecule has 1 fully saturated rings. The van der Waals surface area contributed by atoms with Crippen LogP contribution in [0.15, 0.2) is 23.3 Å². The maximum absolute atomic E-state index is 5.88. The van der Waals surface area contributed by atoms with Crippen molar-refractivity contribution in [1.29, 1.82) is 0 Å². The number of nitrogens with two attached hydrogens (primary N) is 1. The van der Waals surface area contributed by atoms with Crippen molar-refractivity contribution in [2.24, 2.45) is 4.99 Å². The van der Waals surface area contributed by atoms with E-state index in [4.69, 9.17) is 5.73 Å². The Kier molecular flexibility index (Phi) is 8.29. The fourth-order valence-electron chi connectivity index (χ4n) is 3.45. The molecule has 25 heavy (non-hydrogen) atoms. The minimum Gasteiger partial charge on any atom is -0.366 e. The largest absolute Gasteiger partial charge is 0.366 e. The van der Waals surface area contributed by atoms with Crippen molar-refractivity contribution in [1.82, 2.24) is 15.2 Å². The van der Waals surface area contributed by atoms with Crippen LogP contribution in [0.3, 0.4) is 0 Å². The van der Waals surface area contributed by atoms with Gasteiger partial charge >= 0.3 is 0 Å². The molecule has 0 unspecified atom stereocenters. The Balaban J connectivity index is 2.31. The number of nitrogens with zero attached hydrogens (tertiary/aromatic N) is 4. The molecule has 0 amide bonds. The monoisotopic (exact) mass is 341 g/mol. The van der Waals surface area contributed by atoms with Gasteiger partial charge in [-0.2, -0.15) is 0 Å². The average Bonchev–Trinajstić information content (AvgIpc) is 2.63. The third kappa shape index (κ3) is 6.07. The van der Waals surface area contributed by atoms with Crippen molar-refractivity contribution in [3.05, 3.63) is 29.7 Å². The number of hydrogen-bond donors (Lipinski definition) is 1. The Bertz CT molecular complexity index is 609. The van der Waals surface area contributed by atoms with Gasteiger partial charge in [-0.3, -0.25) is 4.99 Å². The highest BCUT2D eigenvalue weighted by atomic mass is 15.2. The fourth-order valence-corrected chi connectivity index (χ4v) is 3.45. The van der Waals surface area contributed by atoms with Crippen LogP contribution in [-0.4, -0.2) is 21.4 Å². The summed E-state index contributed by atoms with van der Waals surface area (Å²) < 4.78 is 0. The lowest BCUT2D eigenvalue weighted by atomic mass is 9.88. The Morgan fingerprint density at radius 1 is 1.00 bits per heavy atom. The van der Waals surface area contributed by atoms with Crippen molar-refractivity contribution in [2.75, 3.05) is 5.73 Å². The van der Waals surface area contributed by atoms with Crippen LogP contribution in [0, 0.1) is 0 Å². The van der Waals surface area contributed by atoms with Gasteiger partial charge in [-0.05, 0) is 32.8 Å². The second-order valence-corrected chi connectivity index (χ2v) is 6.62. The third-order valence-electron chi connectivity index (χ3n) is 4.80. The molecule has 136 valence electrons. The van der Waals surface area contributed by atoms with Crippen molar-refractivity contribution in [2.45, 2.75) is 77.6 Å². The molecule has 0 bridgehead atoms. The summed E-state index contributed by atoms with van der Waals surface area (Å²) in [5, 5.41) is 8.40. The van der Waals surface area contributed by atoms with E-state index in [0.29, 0.717) is 5.92 Å². The number of hydrogen-bond acceptors (Lipinski definition) is 5. The van der Waals surface area contributed by atoms with Crippen LogP contribution in [0.1, 0.15) is 88.9 Å². The van der Waals surface area contributed by atoms with Gasteiger partial charge in [-0.25, -0.2) is 4.98 Å². The summed E-state index contributed by atoms with van der Waals surface area (Å²) >= 11 is 0. The molecule has 0 aliphatic heterocycles. The Labute approximate surface area is 151 Å². The van der Waals surface area contributed by atoms with E-state index in [-0.39, 0.29) is 5.95 Å². The number of aliphatic imine (C=N–C) groups is 1. The Hall–Kier alpha value is -2.04. The highest BCUT2D eigenvalue weighted by Crippen LogP contribution is 2.33. The molecule has 1 aromatic heterocycles. The first-order valence-corrected chi connectivity index (χ1v) is 9.57. The summed E-state index contributed by atoms with van der Waals surface area (Å²) in [6, 6.07) is 0. The van der Waals surface area contributed by atoms with E-state index in [1.807, 2.05) is 26.0 Å². The highest BCUT2D eigenvalue weighted by molar-refractivity contribution is 5.73. The zero-order chi connectivity index (χ0) is 17.9. The maximum atomic E-state index is 5.88. The summed E-state index contributed by atoms with van der Waals surface area (Å²) in [6.07, 6.45) is 19.0. The molecule has 0 saturated heterocycles. The number of anilines is 1. The topological polar surface area (TPSA) is 77.0 Å². The molecular formula is C20H31N5. The van der Waals surface area contributed by atoms with Crippen LogP contribution >= 0.6 is 0 Å². The summed E-state index contributed by atoms with van der Waals surface area (Å²) in [6.45, 7) is 3.90. The van der Waals surface area contributed by atoms with Gasteiger partial charge in [0.15, 0.2) is 0 Å². The number of aromatic nitrogens is 3. The van der Waals surface area contributed by atoms with Gasteiger partial charge in [-0.1, -0.05) is 51.0 Å². The van der Waals surface area contributed by atoms with Gasteiger partial charge in [0.05, 0.1) is 5.69 Å². The van der Waals surface area contributed by atoms with E-state index in [0.717, 1.165) is 29.8 Å². The quantitative estimate of drug-likeness (QED) is 0.612. The molecule has 1 aliphatic rings. The lowest BCUT2D eigenvalue weighted by Crippen LogP contribution is -2.12. The van der Waals surface area contributed by atoms with Crippen LogP contribution in [-0.2, 0) is 0 Å². The first-order chi connectivity index (χ1) is 12.3. The molecule has 2 N–H and O–H groups in total. The van der Waals surface area contributed by atoms with E-state index in [1.165, 1.54) is 44.9 Å². The summed E-state index contributed by atoms with van der Waals surface area (Å²) in [5.74, 6) is 0.672. The lowest BCUT2D eigenvalue weighted by Gasteiger charge is -2.20. The first-order valence-electron chi connectivity index (χ1n) is 9.57. The van der Waals surface area contributed by atoms with E-state index in [2.05, 4.69) is 20.2 Å². The normalized spacial score (nSPS) is 18.9. The summed E-state index contributed by atoms with van der Waals surface area (Å²) in [4.78, 5) is 8.77. The predicted octanol–water partition coefficient (Wildman–Crippen LogP) is 5.07. The Morgan fingerprint density at radius 2 is 1.64 bits per heavy atom. The zero-order valence-corrected chi connectivity index (χ0v) is 15.6. The fraction of sp³-hybridized carbons (Fsp3) is 0.600. The number of nitrogen functional groups attached to an aromatic ring is 1. The highest BCUT2D eigenvalue weighted by Gasteiger charge is 2.21. The average molecular weight is 342 g/mol. The molecule has 1 aliphatic carbocycles. The molecular weight excluding hydrogens is 310 g/mol. The van der Waals surface area contributed by atoms with Crippen molar-refractivity contribution in [3.8, 4) is 0 Å². The zero-order valence-electron chi connectivity index (χ0n) is 15.6. The van der Waals surface area contributed by atoms with Crippen molar-refractivity contribution in [3.63, 3.8) is 0 Å². The van der Waals surface area contributed by atoms with Crippen molar-refractivity contribution >= 4 is 17.7 Å². The molecule has 5 heteroatoms. The predicted molar refractivity (Wildman–Crippen MR) is 105 cm³/mol. The minimum absolute atomic E-state index is 0.266. The van der Waals surface area contributed by atoms with E-state index < -0.39 is 0 Å². The molecule has 1 aromatic rings. The van der Waals surface area contributed by atoms with Gasteiger partial charge in [0.25, 0.3) is 0 Å². The second kappa shape index (κ2) is 10.7. The van der Waals surface area contributed by atoms with Crippen LogP contribution < -0.4 is 5.73 Å². The second-order valence-electron chi connectivity index (χ2n) is 6.62. The van der Waals surface area contributed by atoms with Gasteiger partial charge in [0.1, 0.15) is 5.69 Å². The summed E-state index contributed by atoms with van der Waals surface area (Å²) in [5.41, 5.74) is 8.73. The molecule has 2 rings (SSSR count). The van der Waals surface area contributed by atoms with Crippen LogP contribution in [0.2, 0.25) is 0 Å². The van der Waals surface area contributed by atoms with E-state index in [9.17, 15) is 0 Å². The maximum Gasteiger partial charge on any atom is 0.240 e. The van der Waals surface area contributed by atoms with Crippen LogP contribution in [0.4, 0.5) is 5.95 Å². The summed E-state index contributed by atoms with van der Waals surface area (Å²) in [7, 11) is 0. The van der Waals surface area contributed by atoms with E-state index in [1.54, 1.807) is 12.4 Å². The first kappa shape index (κ1) is 19.3. The number of rotatable bonds is 4. The van der Waals surface area contributed by atoms with E-state index >= 15 is 0 Å². The van der Waals surface area contributed by atoms with Gasteiger partial charge < -0.3 is 5.73 Å². The molecule has 0 spiro atoms. The lowest BCUT2D eigenvalue weighted by molar-refractivity contribution is 0.455. The number of allylic oxidation sites excluding steroid dienone is 3. The van der Waals surface area contributed by atoms with Crippen LogP contribution in [0.25, 0.3) is 5.57 Å². The molecule has 0 atom stereocenters.